The van der Waals surface area contributed by atoms with Gasteiger partial charge in [0, 0.05) is 11.7 Å². The lowest BCUT2D eigenvalue weighted by Gasteiger charge is -2.17. The summed E-state index contributed by atoms with van der Waals surface area (Å²) in [6.45, 7) is 1.96. The molecule has 2 atom stereocenters. The van der Waals surface area contributed by atoms with E-state index in [0.717, 1.165) is 10.9 Å². The van der Waals surface area contributed by atoms with E-state index in [1.54, 1.807) is 25.3 Å². The highest BCUT2D eigenvalue weighted by atomic mass is 16.5. The fourth-order valence-corrected chi connectivity index (χ4v) is 1.98. The van der Waals surface area contributed by atoms with Crippen LogP contribution in [-0.2, 0) is 9.53 Å². The summed E-state index contributed by atoms with van der Waals surface area (Å²) in [6.07, 6.45) is -0.699. The minimum atomic E-state index is -1.17. The maximum atomic E-state index is 11.3. The van der Waals surface area contributed by atoms with Gasteiger partial charge in [0.2, 0.25) is 0 Å². The first-order valence-electron chi connectivity index (χ1n) is 6.20. The molecule has 1 aromatic heterocycles. The van der Waals surface area contributed by atoms with E-state index in [4.69, 9.17) is 4.74 Å². The number of fused-ring (bicyclic) bond motifs is 1. The number of aliphatic hydroxyl groups is 2. The number of nitrogens with one attached hydrogen (secondary N) is 1. The molecule has 2 aromatic rings. The first kappa shape index (κ1) is 13.6. The van der Waals surface area contributed by atoms with Crippen molar-refractivity contribution in [1.29, 1.82) is 0 Å². The third-order valence-electron chi connectivity index (χ3n) is 2.96. The summed E-state index contributed by atoms with van der Waals surface area (Å²) in [4.78, 5) is 14.3. The van der Waals surface area contributed by atoms with Gasteiger partial charge >= 0.3 is 5.97 Å². The molecule has 3 N–H and O–H groups in total. The molecule has 0 spiro atoms. The van der Waals surface area contributed by atoms with Crippen LogP contribution < -0.4 is 0 Å². The van der Waals surface area contributed by atoms with Gasteiger partial charge in [-0.15, -0.1) is 0 Å². The molecular weight excluding hydrogens is 246 g/mol. The average Bonchev–Trinajstić information content (AvgIpc) is 2.85. The predicted octanol–water partition coefficient (Wildman–Crippen LogP) is 1.52. The van der Waals surface area contributed by atoms with Gasteiger partial charge in [0.25, 0.3) is 0 Å². The van der Waals surface area contributed by atoms with Crippen molar-refractivity contribution in [2.75, 3.05) is 6.61 Å². The average molecular weight is 263 g/mol. The van der Waals surface area contributed by atoms with Gasteiger partial charge in [0.1, 0.15) is 6.10 Å². The Morgan fingerprint density at radius 3 is 2.89 bits per heavy atom. The van der Waals surface area contributed by atoms with Gasteiger partial charge < -0.3 is 19.9 Å². The van der Waals surface area contributed by atoms with Crippen molar-refractivity contribution >= 4 is 16.9 Å². The zero-order chi connectivity index (χ0) is 13.8. The lowest BCUT2D eigenvalue weighted by Crippen LogP contribution is -2.23. The predicted molar refractivity (Wildman–Crippen MR) is 70.5 cm³/mol. The summed E-state index contributed by atoms with van der Waals surface area (Å²) >= 11 is 0. The molecule has 0 amide bonds. The largest absolute Gasteiger partial charge is 0.466 e. The van der Waals surface area contributed by atoms with Crippen molar-refractivity contribution in [1.82, 2.24) is 4.98 Å². The van der Waals surface area contributed by atoms with Crippen LogP contribution in [0.1, 0.15) is 25.0 Å². The van der Waals surface area contributed by atoms with E-state index in [1.807, 2.05) is 12.1 Å². The van der Waals surface area contributed by atoms with Gasteiger partial charge in [-0.1, -0.05) is 6.07 Å². The maximum Gasteiger partial charge on any atom is 0.308 e. The smallest absolute Gasteiger partial charge is 0.308 e. The molecule has 0 aliphatic heterocycles. The SMILES string of the molecule is CCOC(=O)CC(O)C(O)c1ccc2[nH]ccc2c1. The minimum absolute atomic E-state index is 0.222. The Hall–Kier alpha value is -1.85. The van der Waals surface area contributed by atoms with Crippen LogP contribution in [0.15, 0.2) is 30.5 Å². The topological polar surface area (TPSA) is 82.6 Å². The van der Waals surface area contributed by atoms with Crippen molar-refractivity contribution in [2.24, 2.45) is 0 Å². The third-order valence-corrected chi connectivity index (χ3v) is 2.96. The highest BCUT2D eigenvalue weighted by Crippen LogP contribution is 2.23. The Balaban J connectivity index is 2.09. The summed E-state index contributed by atoms with van der Waals surface area (Å²) in [5.74, 6) is -0.517. The van der Waals surface area contributed by atoms with Gasteiger partial charge in [-0.05, 0) is 36.1 Å². The Labute approximate surface area is 110 Å². The highest BCUT2D eigenvalue weighted by molar-refractivity contribution is 5.80. The first-order valence-corrected chi connectivity index (χ1v) is 6.20. The van der Waals surface area contributed by atoms with Crippen LogP contribution >= 0.6 is 0 Å². The number of aromatic amines is 1. The van der Waals surface area contributed by atoms with Crippen molar-refractivity contribution in [3.8, 4) is 0 Å². The molecule has 1 heterocycles. The van der Waals surface area contributed by atoms with Gasteiger partial charge in [0.15, 0.2) is 0 Å². The van der Waals surface area contributed by atoms with E-state index in [0.29, 0.717) is 5.56 Å². The number of benzene rings is 1. The second-order valence-electron chi connectivity index (χ2n) is 4.35. The number of aromatic nitrogens is 1. The molecule has 0 radical (unpaired) electrons. The van der Waals surface area contributed by atoms with Crippen LogP contribution in [0.25, 0.3) is 10.9 Å². The van der Waals surface area contributed by atoms with E-state index < -0.39 is 18.2 Å². The minimum Gasteiger partial charge on any atom is -0.466 e. The number of hydrogen-bond donors (Lipinski definition) is 3. The van der Waals surface area contributed by atoms with Crippen LogP contribution in [0.4, 0.5) is 0 Å². The van der Waals surface area contributed by atoms with Crippen LogP contribution in [0.5, 0.6) is 0 Å². The molecule has 0 bridgehead atoms. The molecular formula is C14H17NO4. The highest BCUT2D eigenvalue weighted by Gasteiger charge is 2.22. The molecule has 2 unspecified atom stereocenters. The monoisotopic (exact) mass is 263 g/mol. The van der Waals surface area contributed by atoms with Crippen molar-refractivity contribution in [3.63, 3.8) is 0 Å². The molecule has 0 aliphatic rings. The number of esters is 1. The number of rotatable bonds is 5. The Bertz CT molecular complexity index is 563. The molecule has 1 aromatic carbocycles. The zero-order valence-electron chi connectivity index (χ0n) is 10.7. The zero-order valence-corrected chi connectivity index (χ0v) is 10.7. The molecule has 2 rings (SSSR count). The Kier molecular flexibility index (Phi) is 4.19. The quantitative estimate of drug-likeness (QED) is 0.714. The van der Waals surface area contributed by atoms with E-state index in [2.05, 4.69) is 4.98 Å². The number of H-pyrrole nitrogens is 1. The summed E-state index contributed by atoms with van der Waals surface area (Å²) < 4.78 is 4.74. The fraction of sp³-hybridized carbons (Fsp3) is 0.357. The number of aliphatic hydroxyl groups excluding tert-OH is 2. The fourth-order valence-electron chi connectivity index (χ4n) is 1.98. The normalized spacial score (nSPS) is 14.3. The Morgan fingerprint density at radius 1 is 1.37 bits per heavy atom. The van der Waals surface area contributed by atoms with Crippen LogP contribution in [0.3, 0.4) is 0 Å². The van der Waals surface area contributed by atoms with Crippen LogP contribution in [0.2, 0.25) is 0 Å². The molecule has 0 fully saturated rings. The van der Waals surface area contributed by atoms with Crippen LogP contribution in [-0.4, -0.2) is 33.9 Å². The lowest BCUT2D eigenvalue weighted by atomic mass is 10.0. The third kappa shape index (κ3) is 3.13. The summed E-state index contributed by atoms with van der Waals surface area (Å²) in [5, 5.41) is 20.8. The number of carbonyl (C=O) groups is 1. The second kappa shape index (κ2) is 5.86. The van der Waals surface area contributed by atoms with E-state index in [1.165, 1.54) is 0 Å². The van der Waals surface area contributed by atoms with Crippen LogP contribution in [0, 0.1) is 0 Å². The number of ether oxygens (including phenoxy) is 1. The molecule has 5 nitrogen and oxygen atoms in total. The molecule has 0 saturated carbocycles. The second-order valence-corrected chi connectivity index (χ2v) is 4.35. The standard InChI is InChI=1S/C14H17NO4/c1-2-19-13(17)8-12(16)14(18)10-3-4-11-9(7-10)5-6-15-11/h3-7,12,14-16,18H,2,8H2,1H3. The molecule has 102 valence electrons. The van der Waals surface area contributed by atoms with Crippen molar-refractivity contribution in [2.45, 2.75) is 25.6 Å². The van der Waals surface area contributed by atoms with Gasteiger partial charge in [-0.2, -0.15) is 0 Å². The van der Waals surface area contributed by atoms with Gasteiger partial charge in [-0.25, -0.2) is 0 Å². The first-order chi connectivity index (χ1) is 9.11. The Morgan fingerprint density at radius 2 is 2.16 bits per heavy atom. The number of carbonyl (C=O) groups excluding carboxylic acids is 1. The maximum absolute atomic E-state index is 11.3. The van der Waals surface area contributed by atoms with Crippen molar-refractivity contribution in [3.05, 3.63) is 36.0 Å². The van der Waals surface area contributed by atoms with Gasteiger partial charge in [-0.3, -0.25) is 4.79 Å². The number of hydrogen-bond acceptors (Lipinski definition) is 4. The molecule has 5 heteroatoms. The molecule has 0 aliphatic carbocycles. The van der Waals surface area contributed by atoms with E-state index in [9.17, 15) is 15.0 Å². The summed E-state index contributed by atoms with van der Waals surface area (Å²) in [7, 11) is 0. The van der Waals surface area contributed by atoms with E-state index in [-0.39, 0.29) is 13.0 Å². The summed E-state index contributed by atoms with van der Waals surface area (Å²) in [6, 6.07) is 7.21. The molecule has 19 heavy (non-hydrogen) atoms. The van der Waals surface area contributed by atoms with Gasteiger partial charge in [0.05, 0.1) is 19.1 Å². The van der Waals surface area contributed by atoms with Crippen molar-refractivity contribution < 1.29 is 19.7 Å². The lowest BCUT2D eigenvalue weighted by molar-refractivity contribution is -0.147. The molecule has 0 saturated heterocycles. The summed E-state index contributed by atoms with van der Waals surface area (Å²) in [5.41, 5.74) is 1.53. The van der Waals surface area contributed by atoms with E-state index >= 15 is 0 Å².